The van der Waals surface area contributed by atoms with Crippen LogP contribution in [-0.4, -0.2) is 48.3 Å². The Kier molecular flexibility index (Phi) is 8.42. The molecule has 0 bridgehead atoms. The number of ether oxygens (including phenoxy) is 2. The van der Waals surface area contributed by atoms with E-state index in [1.54, 1.807) is 6.07 Å². The van der Waals surface area contributed by atoms with Gasteiger partial charge in [0, 0.05) is 31.9 Å². The number of benzene rings is 2. The lowest BCUT2D eigenvalue weighted by Crippen LogP contribution is -2.51. The number of fused-ring (bicyclic) bond motifs is 2. The number of nitrogens with one attached hydrogen (secondary N) is 2. The topological polar surface area (TPSA) is 76.2 Å². The number of hydrogen-bond donors (Lipinski definition) is 2. The summed E-state index contributed by atoms with van der Waals surface area (Å²) >= 11 is 0. The number of aromatic amines is 1. The number of methoxy groups -OCH3 is 1. The first-order valence-corrected chi connectivity index (χ1v) is 12.9. The Morgan fingerprint density at radius 3 is 2.81 bits per heavy atom. The highest BCUT2D eigenvalue weighted by atomic mass is 19.1. The smallest absolute Gasteiger partial charge is 0.332 e. The Hall–Kier alpha value is -2.77. The number of hydrogen-bond acceptors (Lipinski definition) is 5. The van der Waals surface area contributed by atoms with Crippen molar-refractivity contribution in [3.63, 3.8) is 0 Å². The minimum atomic E-state index is -0.693. The van der Waals surface area contributed by atoms with Crippen molar-refractivity contribution in [3.05, 3.63) is 65.2 Å². The fraction of sp³-hybridized carbons (Fsp3) is 0.517. The molecule has 2 N–H and O–H groups in total. The molecule has 0 fully saturated rings. The van der Waals surface area contributed by atoms with Crippen LogP contribution in [0.4, 0.5) is 4.39 Å². The maximum absolute atomic E-state index is 14.0. The van der Waals surface area contributed by atoms with Crippen molar-refractivity contribution in [1.29, 1.82) is 0 Å². The van der Waals surface area contributed by atoms with E-state index < -0.39 is 5.60 Å². The molecular formula is C29H38FN3O3. The summed E-state index contributed by atoms with van der Waals surface area (Å²) in [5.41, 5.74) is 3.44. The summed E-state index contributed by atoms with van der Waals surface area (Å²) in [6.07, 6.45) is 4.72. The predicted molar refractivity (Wildman–Crippen MR) is 139 cm³/mol. The summed E-state index contributed by atoms with van der Waals surface area (Å²) in [7, 11) is 3.47. The van der Waals surface area contributed by atoms with Gasteiger partial charge in [0.2, 0.25) is 0 Å². The first kappa shape index (κ1) is 26.3. The summed E-state index contributed by atoms with van der Waals surface area (Å²) in [6, 6.07) is 13.2. The van der Waals surface area contributed by atoms with Crippen LogP contribution in [0.1, 0.15) is 62.4 Å². The third-order valence-electron chi connectivity index (χ3n) is 7.48. The van der Waals surface area contributed by atoms with Gasteiger partial charge in [-0.1, -0.05) is 32.0 Å². The standard InChI is InChI=1S/C29H38FN3O3/c1-19(2)28-23-13-12-21(30)16-20(23)14-15-29(28,36-27(34)18-35-4)17-22(31-3)8-7-11-26-32-24-9-5-6-10-25(24)33-26/h5-6,9-10,12-13,16,19,22,28,31H,7-8,11,14-15,17-18H2,1-4H3,(H,32,33)/t22?,28-,29-/m0/s1. The van der Waals surface area contributed by atoms with E-state index in [-0.39, 0.29) is 36.3 Å². The molecule has 1 aromatic heterocycles. The Morgan fingerprint density at radius 1 is 1.28 bits per heavy atom. The molecule has 2 aromatic carbocycles. The molecule has 3 atom stereocenters. The van der Waals surface area contributed by atoms with Gasteiger partial charge in [-0.25, -0.2) is 14.2 Å². The molecule has 3 aromatic rings. The van der Waals surface area contributed by atoms with Crippen molar-refractivity contribution in [3.8, 4) is 0 Å². The first-order chi connectivity index (χ1) is 17.3. The van der Waals surface area contributed by atoms with Crippen LogP contribution in [-0.2, 0) is 27.1 Å². The monoisotopic (exact) mass is 495 g/mol. The molecule has 0 saturated carbocycles. The fourth-order valence-corrected chi connectivity index (χ4v) is 6.01. The van der Waals surface area contributed by atoms with Crippen molar-refractivity contribution in [2.24, 2.45) is 5.92 Å². The van der Waals surface area contributed by atoms with Gasteiger partial charge in [0.25, 0.3) is 0 Å². The minimum absolute atomic E-state index is 0.0334. The van der Waals surface area contributed by atoms with Gasteiger partial charge in [-0.2, -0.15) is 0 Å². The van der Waals surface area contributed by atoms with Gasteiger partial charge in [0.1, 0.15) is 23.8 Å². The molecule has 1 unspecified atom stereocenters. The van der Waals surface area contributed by atoms with Crippen molar-refractivity contribution in [2.75, 3.05) is 20.8 Å². The van der Waals surface area contributed by atoms with Gasteiger partial charge in [-0.3, -0.25) is 0 Å². The van der Waals surface area contributed by atoms with Crippen LogP contribution in [0, 0.1) is 11.7 Å². The number of carbonyl (C=O) groups excluding carboxylic acids is 1. The van der Waals surface area contributed by atoms with Gasteiger partial charge in [0.15, 0.2) is 0 Å². The van der Waals surface area contributed by atoms with Crippen LogP contribution in [0.2, 0.25) is 0 Å². The number of halogens is 1. The number of H-pyrrole nitrogens is 1. The van der Waals surface area contributed by atoms with Gasteiger partial charge < -0.3 is 19.8 Å². The lowest BCUT2D eigenvalue weighted by molar-refractivity contribution is -0.172. The summed E-state index contributed by atoms with van der Waals surface area (Å²) in [5, 5.41) is 3.47. The third kappa shape index (κ3) is 5.79. The van der Waals surface area contributed by atoms with Crippen LogP contribution in [0.15, 0.2) is 42.5 Å². The molecule has 1 heterocycles. The minimum Gasteiger partial charge on any atom is -0.457 e. The van der Waals surface area contributed by atoms with Crippen molar-refractivity contribution >= 4 is 17.0 Å². The zero-order valence-electron chi connectivity index (χ0n) is 21.8. The van der Waals surface area contributed by atoms with Gasteiger partial charge in [0.05, 0.1) is 11.0 Å². The number of imidazole rings is 1. The maximum atomic E-state index is 14.0. The highest BCUT2D eigenvalue weighted by Crippen LogP contribution is 2.49. The van der Waals surface area contributed by atoms with Crippen LogP contribution in [0.25, 0.3) is 11.0 Å². The summed E-state index contributed by atoms with van der Waals surface area (Å²) in [6.45, 7) is 4.22. The number of nitrogens with zero attached hydrogens (tertiary/aromatic N) is 1. The number of aromatic nitrogens is 2. The Balaban J connectivity index is 1.54. The molecule has 6 nitrogen and oxygen atoms in total. The molecule has 0 aliphatic heterocycles. The predicted octanol–water partition coefficient (Wildman–Crippen LogP) is 5.32. The zero-order chi connectivity index (χ0) is 25.7. The molecule has 7 heteroatoms. The number of aryl methyl sites for hydroxylation is 2. The Bertz CT molecular complexity index is 1140. The van der Waals surface area contributed by atoms with E-state index in [0.29, 0.717) is 19.3 Å². The van der Waals surface area contributed by atoms with Crippen LogP contribution in [0.5, 0.6) is 0 Å². The molecule has 36 heavy (non-hydrogen) atoms. The van der Waals surface area contributed by atoms with Crippen LogP contribution < -0.4 is 5.32 Å². The zero-order valence-corrected chi connectivity index (χ0v) is 21.8. The van der Waals surface area contributed by atoms with Crippen molar-refractivity contribution < 1.29 is 18.7 Å². The van der Waals surface area contributed by atoms with E-state index in [1.165, 1.54) is 13.2 Å². The maximum Gasteiger partial charge on any atom is 0.332 e. The Labute approximate surface area is 213 Å². The normalized spacial score (nSPS) is 20.4. The van der Waals surface area contributed by atoms with Crippen molar-refractivity contribution in [2.45, 2.75) is 69.9 Å². The number of para-hydroxylation sites is 2. The van der Waals surface area contributed by atoms with Gasteiger partial charge in [-0.15, -0.1) is 0 Å². The lowest BCUT2D eigenvalue weighted by atomic mass is 9.64. The highest BCUT2D eigenvalue weighted by Gasteiger charge is 2.48. The van der Waals surface area contributed by atoms with E-state index >= 15 is 0 Å². The molecule has 194 valence electrons. The average Bonchev–Trinajstić information content (AvgIpc) is 3.26. The second-order valence-corrected chi connectivity index (χ2v) is 10.3. The molecule has 0 saturated heterocycles. The average molecular weight is 496 g/mol. The number of carbonyl (C=O) groups is 1. The van der Waals surface area contributed by atoms with Crippen LogP contribution in [0.3, 0.4) is 0 Å². The van der Waals surface area contributed by atoms with Crippen molar-refractivity contribution in [1.82, 2.24) is 15.3 Å². The summed E-state index contributed by atoms with van der Waals surface area (Å²) in [4.78, 5) is 20.9. The number of rotatable bonds is 11. The largest absolute Gasteiger partial charge is 0.457 e. The van der Waals surface area contributed by atoms with E-state index in [4.69, 9.17) is 14.5 Å². The van der Waals surface area contributed by atoms with E-state index in [0.717, 1.165) is 47.2 Å². The highest BCUT2D eigenvalue weighted by molar-refractivity contribution is 5.74. The molecule has 1 aliphatic rings. The van der Waals surface area contributed by atoms with Crippen LogP contribution >= 0.6 is 0 Å². The molecule has 0 spiro atoms. The Morgan fingerprint density at radius 2 is 2.08 bits per heavy atom. The molecule has 1 aliphatic carbocycles. The molecule has 0 amide bonds. The van der Waals surface area contributed by atoms with E-state index in [1.807, 2.05) is 37.4 Å². The second kappa shape index (κ2) is 11.5. The SMILES string of the molecule is CNC(CCCc1nc2ccccc2[nH]1)C[C@@]1(OC(=O)COC)CCc2cc(F)ccc2[C@@H]1C(C)C. The van der Waals surface area contributed by atoms with E-state index in [2.05, 4.69) is 24.1 Å². The summed E-state index contributed by atoms with van der Waals surface area (Å²) in [5.74, 6) is 0.581. The van der Waals surface area contributed by atoms with E-state index in [9.17, 15) is 9.18 Å². The first-order valence-electron chi connectivity index (χ1n) is 12.9. The quantitative estimate of drug-likeness (QED) is 0.352. The van der Waals surface area contributed by atoms with Gasteiger partial charge in [-0.05, 0) is 74.0 Å². The molecule has 4 rings (SSSR count). The third-order valence-corrected chi connectivity index (χ3v) is 7.48. The lowest BCUT2D eigenvalue weighted by Gasteiger charge is -2.48. The van der Waals surface area contributed by atoms with Gasteiger partial charge >= 0.3 is 5.97 Å². The number of esters is 1. The molecular weight excluding hydrogens is 457 g/mol. The summed E-state index contributed by atoms with van der Waals surface area (Å²) < 4.78 is 25.4. The fourth-order valence-electron chi connectivity index (χ4n) is 6.01. The molecule has 0 radical (unpaired) electrons. The second-order valence-electron chi connectivity index (χ2n) is 10.3.